The van der Waals surface area contributed by atoms with Crippen molar-refractivity contribution in [1.82, 2.24) is 4.90 Å². The Labute approximate surface area is 118 Å². The Morgan fingerprint density at radius 3 is 2.11 bits per heavy atom. The number of nitrogens with zero attached hydrogens (tertiary/aromatic N) is 1. The van der Waals surface area contributed by atoms with Crippen molar-refractivity contribution in [2.45, 2.75) is 33.6 Å². The minimum Gasteiger partial charge on any atom is -0.497 e. The van der Waals surface area contributed by atoms with Crippen LogP contribution in [0.25, 0.3) is 0 Å². The highest BCUT2D eigenvalue weighted by Crippen LogP contribution is 2.21. The molecule has 1 rings (SSSR count). The van der Waals surface area contributed by atoms with Crippen LogP contribution in [0.1, 0.15) is 32.3 Å². The van der Waals surface area contributed by atoms with Crippen molar-refractivity contribution in [2.24, 2.45) is 0 Å². The summed E-state index contributed by atoms with van der Waals surface area (Å²) >= 11 is 0. The molecule has 0 fully saturated rings. The number of rotatable bonds is 6. The summed E-state index contributed by atoms with van der Waals surface area (Å²) in [5, 5.41) is 0. The van der Waals surface area contributed by atoms with E-state index in [1.165, 1.54) is 19.4 Å². The van der Waals surface area contributed by atoms with Gasteiger partial charge in [0.15, 0.2) is 0 Å². The van der Waals surface area contributed by atoms with E-state index in [1.54, 1.807) is 7.11 Å². The van der Waals surface area contributed by atoms with E-state index >= 15 is 0 Å². The van der Waals surface area contributed by atoms with Crippen LogP contribution in [0.4, 0.5) is 0 Å². The molecule has 0 N–H and O–H groups in total. The zero-order valence-electron chi connectivity index (χ0n) is 13.3. The van der Waals surface area contributed by atoms with Crippen LogP contribution in [-0.4, -0.2) is 39.3 Å². The maximum absolute atomic E-state index is 5.35. The Balaban J connectivity index is 0.000000399. The molecule has 0 spiro atoms. The second-order valence-corrected chi connectivity index (χ2v) is 4.78. The number of ether oxygens (including phenoxy) is 2. The molecule has 110 valence electrons. The molecule has 0 aliphatic carbocycles. The summed E-state index contributed by atoms with van der Waals surface area (Å²) in [5.74, 6) is 1.72. The van der Waals surface area contributed by atoms with E-state index in [0.717, 1.165) is 17.1 Å². The Bertz CT molecular complexity index is 338. The molecular formula is C16H29NO2. The number of aryl methyl sites for hydroxylation is 1. The van der Waals surface area contributed by atoms with Crippen molar-refractivity contribution in [3.63, 3.8) is 0 Å². The van der Waals surface area contributed by atoms with Gasteiger partial charge < -0.3 is 14.4 Å². The summed E-state index contributed by atoms with van der Waals surface area (Å²) in [6, 6.07) is 5.85. The zero-order valence-corrected chi connectivity index (χ0v) is 13.3. The molecule has 3 nitrogen and oxygen atoms in total. The molecule has 19 heavy (non-hydrogen) atoms. The van der Waals surface area contributed by atoms with Crippen LogP contribution in [0.2, 0.25) is 0 Å². The Morgan fingerprint density at radius 2 is 1.68 bits per heavy atom. The lowest BCUT2D eigenvalue weighted by molar-refractivity contribution is 0.336. The highest BCUT2D eigenvalue weighted by molar-refractivity contribution is 5.37. The van der Waals surface area contributed by atoms with E-state index in [9.17, 15) is 0 Å². The predicted molar refractivity (Wildman–Crippen MR) is 82.4 cm³/mol. The third-order valence-corrected chi connectivity index (χ3v) is 2.53. The normalized spacial score (nSPS) is 9.84. The average molecular weight is 267 g/mol. The largest absolute Gasteiger partial charge is 0.497 e. The molecule has 0 unspecified atom stereocenters. The average Bonchev–Trinajstić information content (AvgIpc) is 2.36. The summed E-state index contributed by atoms with van der Waals surface area (Å²) in [6.45, 7) is 8.12. The second-order valence-electron chi connectivity index (χ2n) is 4.78. The fraction of sp³-hybridized carbons (Fsp3) is 0.625. The van der Waals surface area contributed by atoms with Crippen molar-refractivity contribution in [1.29, 1.82) is 0 Å². The smallest absolute Gasteiger partial charge is 0.123 e. The van der Waals surface area contributed by atoms with Crippen molar-refractivity contribution < 1.29 is 9.47 Å². The monoisotopic (exact) mass is 267 g/mol. The summed E-state index contributed by atoms with van der Waals surface area (Å²) < 4.78 is 10.5. The van der Waals surface area contributed by atoms with E-state index in [-0.39, 0.29) is 0 Å². The molecule has 1 aromatic carbocycles. The van der Waals surface area contributed by atoms with Gasteiger partial charge >= 0.3 is 0 Å². The zero-order chi connectivity index (χ0) is 14.7. The van der Waals surface area contributed by atoms with Crippen molar-refractivity contribution in [3.05, 3.63) is 23.8 Å². The quantitative estimate of drug-likeness (QED) is 0.783. The molecule has 0 atom stereocenters. The Hall–Kier alpha value is -1.22. The summed E-state index contributed by atoms with van der Waals surface area (Å²) in [6.07, 6.45) is 2.63. The van der Waals surface area contributed by atoms with Gasteiger partial charge in [-0.25, -0.2) is 0 Å². The van der Waals surface area contributed by atoms with Gasteiger partial charge in [-0.2, -0.15) is 0 Å². The molecule has 0 saturated heterocycles. The highest BCUT2D eigenvalue weighted by atomic mass is 16.5. The first kappa shape index (κ1) is 17.8. The second kappa shape index (κ2) is 10.7. The fourth-order valence-electron chi connectivity index (χ4n) is 1.56. The summed E-state index contributed by atoms with van der Waals surface area (Å²) in [7, 11) is 5.87. The van der Waals surface area contributed by atoms with Gasteiger partial charge in [0.2, 0.25) is 0 Å². The van der Waals surface area contributed by atoms with Gasteiger partial charge in [0.25, 0.3) is 0 Å². The van der Waals surface area contributed by atoms with Gasteiger partial charge in [-0.15, -0.1) is 0 Å². The standard InChI is InChI=1S/C10H14O2.C6H15N/c1-4-12-10-6-8(2)5-9(7-10)11-3;1-4-5-6-7(2)3/h5-7H,4H2,1-3H3;4-6H2,1-3H3. The lowest BCUT2D eigenvalue weighted by atomic mass is 10.2. The highest BCUT2D eigenvalue weighted by Gasteiger charge is 1.97. The van der Waals surface area contributed by atoms with Crippen molar-refractivity contribution in [3.8, 4) is 11.5 Å². The van der Waals surface area contributed by atoms with Crippen molar-refractivity contribution >= 4 is 0 Å². The predicted octanol–water partition coefficient (Wildman–Crippen LogP) is 3.75. The summed E-state index contributed by atoms with van der Waals surface area (Å²) in [5.41, 5.74) is 1.15. The maximum atomic E-state index is 5.35. The number of hydrogen-bond donors (Lipinski definition) is 0. The van der Waals surface area contributed by atoms with Crippen LogP contribution < -0.4 is 9.47 Å². The topological polar surface area (TPSA) is 21.7 Å². The Morgan fingerprint density at radius 1 is 1.05 bits per heavy atom. The molecule has 0 aliphatic heterocycles. The first-order valence-electron chi connectivity index (χ1n) is 6.96. The number of unbranched alkanes of at least 4 members (excludes halogenated alkanes) is 1. The van der Waals surface area contributed by atoms with E-state index < -0.39 is 0 Å². The molecule has 0 radical (unpaired) electrons. The van der Waals surface area contributed by atoms with E-state index in [2.05, 4.69) is 25.9 Å². The van der Waals surface area contributed by atoms with Crippen LogP contribution in [0.15, 0.2) is 18.2 Å². The summed E-state index contributed by atoms with van der Waals surface area (Å²) in [4.78, 5) is 2.21. The van der Waals surface area contributed by atoms with E-state index in [0.29, 0.717) is 6.61 Å². The first-order chi connectivity index (χ1) is 9.03. The molecule has 0 aromatic heterocycles. The minimum atomic E-state index is 0.687. The van der Waals surface area contributed by atoms with Crippen LogP contribution in [-0.2, 0) is 0 Å². The van der Waals surface area contributed by atoms with Gasteiger partial charge in [-0.1, -0.05) is 13.3 Å². The van der Waals surface area contributed by atoms with Gasteiger partial charge in [0, 0.05) is 6.07 Å². The van der Waals surface area contributed by atoms with E-state index in [1.807, 2.05) is 32.0 Å². The third-order valence-electron chi connectivity index (χ3n) is 2.53. The molecule has 0 heterocycles. The van der Waals surface area contributed by atoms with Gasteiger partial charge in [-0.3, -0.25) is 0 Å². The maximum Gasteiger partial charge on any atom is 0.123 e. The Kier molecular flexibility index (Phi) is 9.99. The third kappa shape index (κ3) is 9.37. The molecule has 1 aromatic rings. The number of benzene rings is 1. The molecule has 0 amide bonds. The first-order valence-corrected chi connectivity index (χ1v) is 6.96. The molecule has 0 saturated carbocycles. The lowest BCUT2D eigenvalue weighted by Crippen LogP contribution is -2.12. The molecule has 3 heteroatoms. The molecule has 0 aliphatic rings. The van der Waals surface area contributed by atoms with Gasteiger partial charge in [-0.05, 0) is 58.6 Å². The lowest BCUT2D eigenvalue weighted by Gasteiger charge is -2.06. The molecular weight excluding hydrogens is 238 g/mol. The van der Waals surface area contributed by atoms with E-state index in [4.69, 9.17) is 9.47 Å². The number of hydrogen-bond acceptors (Lipinski definition) is 3. The fourth-order valence-corrected chi connectivity index (χ4v) is 1.56. The van der Waals surface area contributed by atoms with Gasteiger partial charge in [0.05, 0.1) is 13.7 Å². The van der Waals surface area contributed by atoms with Gasteiger partial charge in [0.1, 0.15) is 11.5 Å². The SMILES string of the molecule is CCCCN(C)C.CCOc1cc(C)cc(OC)c1. The van der Waals surface area contributed by atoms with Crippen molar-refractivity contribution in [2.75, 3.05) is 34.4 Å². The minimum absolute atomic E-state index is 0.687. The molecule has 0 bridgehead atoms. The van der Waals surface area contributed by atoms with Crippen LogP contribution >= 0.6 is 0 Å². The van der Waals surface area contributed by atoms with Crippen LogP contribution in [0.5, 0.6) is 11.5 Å². The number of methoxy groups -OCH3 is 1. The van der Waals surface area contributed by atoms with Crippen LogP contribution in [0, 0.1) is 6.92 Å². The van der Waals surface area contributed by atoms with Crippen LogP contribution in [0.3, 0.4) is 0 Å².